The average molecular weight is 317 g/mol. The molecule has 0 aromatic heterocycles. The van der Waals surface area contributed by atoms with Crippen molar-refractivity contribution in [3.8, 4) is 5.75 Å². The number of methoxy groups -OCH3 is 1. The van der Waals surface area contributed by atoms with E-state index in [2.05, 4.69) is 0 Å². The quantitative estimate of drug-likeness (QED) is 0.890. The lowest BCUT2D eigenvalue weighted by molar-refractivity contribution is 0.414. The highest BCUT2D eigenvalue weighted by atomic mass is 35.5. The summed E-state index contributed by atoms with van der Waals surface area (Å²) in [5, 5.41) is 1.66. The van der Waals surface area contributed by atoms with Crippen LogP contribution >= 0.6 is 34.8 Å². The first-order valence-electron chi connectivity index (χ1n) is 5.57. The Balaban J connectivity index is 2.40. The summed E-state index contributed by atoms with van der Waals surface area (Å²) >= 11 is 18.0. The number of hydrogen-bond acceptors (Lipinski definition) is 2. The van der Waals surface area contributed by atoms with Crippen molar-refractivity contribution in [2.75, 3.05) is 7.11 Å². The van der Waals surface area contributed by atoms with Crippen molar-refractivity contribution in [2.45, 2.75) is 6.04 Å². The molecular weight excluding hydrogens is 305 g/mol. The molecule has 2 aromatic rings. The van der Waals surface area contributed by atoms with E-state index in [1.54, 1.807) is 31.4 Å². The van der Waals surface area contributed by atoms with E-state index in [-0.39, 0.29) is 6.04 Å². The molecule has 0 heterocycles. The molecule has 2 aromatic carbocycles. The van der Waals surface area contributed by atoms with Crippen LogP contribution in [0.3, 0.4) is 0 Å². The van der Waals surface area contributed by atoms with Gasteiger partial charge in [-0.1, -0.05) is 46.9 Å². The normalized spacial score (nSPS) is 12.3. The van der Waals surface area contributed by atoms with Gasteiger partial charge in [-0.25, -0.2) is 0 Å². The van der Waals surface area contributed by atoms with Gasteiger partial charge in [-0.3, -0.25) is 0 Å². The molecule has 0 aliphatic rings. The van der Waals surface area contributed by atoms with Gasteiger partial charge in [0.1, 0.15) is 5.75 Å². The van der Waals surface area contributed by atoms with E-state index in [1.807, 2.05) is 12.1 Å². The van der Waals surface area contributed by atoms with Crippen LogP contribution in [0.4, 0.5) is 0 Å². The second kappa shape index (κ2) is 6.02. The molecule has 0 saturated carbocycles. The van der Waals surface area contributed by atoms with Gasteiger partial charge in [0.15, 0.2) is 0 Å². The minimum absolute atomic E-state index is 0.365. The molecule has 0 spiro atoms. The molecule has 0 amide bonds. The van der Waals surface area contributed by atoms with Crippen LogP contribution in [0.2, 0.25) is 15.1 Å². The fraction of sp³-hybridized carbons (Fsp3) is 0.143. The van der Waals surface area contributed by atoms with Crippen molar-refractivity contribution in [3.63, 3.8) is 0 Å². The van der Waals surface area contributed by atoms with Gasteiger partial charge in [0, 0.05) is 10.0 Å². The van der Waals surface area contributed by atoms with Gasteiger partial charge in [-0.2, -0.15) is 0 Å². The minimum atomic E-state index is -0.365. The predicted octanol–water partition coefficient (Wildman–Crippen LogP) is 4.70. The molecule has 1 unspecified atom stereocenters. The lowest BCUT2D eigenvalue weighted by Gasteiger charge is -2.16. The first-order chi connectivity index (χ1) is 9.02. The van der Waals surface area contributed by atoms with Gasteiger partial charge in [-0.05, 0) is 35.4 Å². The van der Waals surface area contributed by atoms with Crippen LogP contribution < -0.4 is 10.5 Å². The molecule has 19 heavy (non-hydrogen) atoms. The fourth-order valence-electron chi connectivity index (χ4n) is 1.80. The smallest absolute Gasteiger partial charge is 0.137 e. The molecule has 0 radical (unpaired) electrons. The standard InChI is InChI=1S/C14H12Cl3NO/c1-19-13-6-8(2-5-11(13)16)14(18)10-4-3-9(15)7-12(10)17/h2-7,14H,18H2,1H3. The first-order valence-corrected chi connectivity index (χ1v) is 6.70. The second-order valence-corrected chi connectivity index (χ2v) is 5.29. The van der Waals surface area contributed by atoms with E-state index in [0.29, 0.717) is 20.8 Å². The number of rotatable bonds is 3. The highest BCUT2D eigenvalue weighted by molar-refractivity contribution is 6.35. The summed E-state index contributed by atoms with van der Waals surface area (Å²) in [5.74, 6) is 0.583. The highest BCUT2D eigenvalue weighted by Crippen LogP contribution is 2.32. The summed E-state index contributed by atoms with van der Waals surface area (Å²) in [6.07, 6.45) is 0. The summed E-state index contributed by atoms with van der Waals surface area (Å²) in [4.78, 5) is 0. The molecule has 0 fully saturated rings. The molecule has 2 N–H and O–H groups in total. The Kier molecular flexibility index (Phi) is 4.58. The Morgan fingerprint density at radius 2 is 1.74 bits per heavy atom. The molecule has 0 aliphatic carbocycles. The molecule has 2 nitrogen and oxygen atoms in total. The number of ether oxygens (including phenoxy) is 1. The van der Waals surface area contributed by atoms with Crippen LogP contribution in [-0.4, -0.2) is 7.11 Å². The maximum atomic E-state index is 6.21. The predicted molar refractivity (Wildman–Crippen MR) is 80.5 cm³/mol. The summed E-state index contributed by atoms with van der Waals surface area (Å²) in [6.45, 7) is 0. The fourth-order valence-corrected chi connectivity index (χ4v) is 2.52. The van der Waals surface area contributed by atoms with Gasteiger partial charge in [0.2, 0.25) is 0 Å². The van der Waals surface area contributed by atoms with Crippen molar-refractivity contribution >= 4 is 34.8 Å². The molecule has 5 heteroatoms. The lowest BCUT2D eigenvalue weighted by atomic mass is 9.99. The monoisotopic (exact) mass is 315 g/mol. The van der Waals surface area contributed by atoms with Crippen molar-refractivity contribution in [2.24, 2.45) is 5.73 Å². The van der Waals surface area contributed by atoms with Crippen LogP contribution in [0.1, 0.15) is 17.2 Å². The van der Waals surface area contributed by atoms with Gasteiger partial charge in [0.05, 0.1) is 18.2 Å². The number of halogens is 3. The van der Waals surface area contributed by atoms with Gasteiger partial charge in [0.25, 0.3) is 0 Å². The Hall–Kier alpha value is -0.930. The third kappa shape index (κ3) is 3.15. The van der Waals surface area contributed by atoms with Crippen LogP contribution in [0, 0.1) is 0 Å². The van der Waals surface area contributed by atoms with Crippen LogP contribution in [0.15, 0.2) is 36.4 Å². The Bertz CT molecular complexity index is 601. The third-order valence-corrected chi connectivity index (χ3v) is 3.71. The van der Waals surface area contributed by atoms with E-state index in [4.69, 9.17) is 45.3 Å². The molecule has 100 valence electrons. The maximum absolute atomic E-state index is 6.21. The molecule has 0 aliphatic heterocycles. The zero-order valence-corrected chi connectivity index (χ0v) is 12.4. The molecule has 2 rings (SSSR count). The van der Waals surface area contributed by atoms with Gasteiger partial charge >= 0.3 is 0 Å². The lowest BCUT2D eigenvalue weighted by Crippen LogP contribution is -2.12. The van der Waals surface area contributed by atoms with Crippen LogP contribution in [0.5, 0.6) is 5.75 Å². The van der Waals surface area contributed by atoms with Crippen LogP contribution in [0.25, 0.3) is 0 Å². The SMILES string of the molecule is COc1cc(C(N)c2ccc(Cl)cc2Cl)ccc1Cl. The van der Waals surface area contributed by atoms with Crippen molar-refractivity contribution < 1.29 is 4.74 Å². The molecular formula is C14H12Cl3NO. The maximum Gasteiger partial charge on any atom is 0.137 e. The number of nitrogens with two attached hydrogens (primary N) is 1. The van der Waals surface area contributed by atoms with Gasteiger partial charge < -0.3 is 10.5 Å². The van der Waals surface area contributed by atoms with Crippen molar-refractivity contribution in [1.29, 1.82) is 0 Å². The summed E-state index contributed by atoms with van der Waals surface area (Å²) in [6, 6.07) is 10.3. The van der Waals surface area contributed by atoms with E-state index < -0.39 is 0 Å². The minimum Gasteiger partial charge on any atom is -0.495 e. The Morgan fingerprint density at radius 1 is 1.00 bits per heavy atom. The average Bonchev–Trinajstić information content (AvgIpc) is 2.38. The van der Waals surface area contributed by atoms with Crippen molar-refractivity contribution in [3.05, 3.63) is 62.6 Å². The largest absolute Gasteiger partial charge is 0.495 e. The van der Waals surface area contributed by atoms with E-state index in [0.717, 1.165) is 11.1 Å². The topological polar surface area (TPSA) is 35.2 Å². The third-order valence-electron chi connectivity index (χ3n) is 2.83. The summed E-state index contributed by atoms with van der Waals surface area (Å²) in [5.41, 5.74) is 7.88. The highest BCUT2D eigenvalue weighted by Gasteiger charge is 2.14. The zero-order chi connectivity index (χ0) is 14.0. The summed E-state index contributed by atoms with van der Waals surface area (Å²) < 4.78 is 5.18. The number of benzene rings is 2. The molecule has 0 bridgehead atoms. The second-order valence-electron chi connectivity index (χ2n) is 4.04. The number of hydrogen-bond donors (Lipinski definition) is 1. The van der Waals surface area contributed by atoms with Gasteiger partial charge in [-0.15, -0.1) is 0 Å². The van der Waals surface area contributed by atoms with Crippen molar-refractivity contribution in [1.82, 2.24) is 0 Å². The molecule has 1 atom stereocenters. The summed E-state index contributed by atoms with van der Waals surface area (Å²) in [7, 11) is 1.56. The van der Waals surface area contributed by atoms with E-state index in [1.165, 1.54) is 0 Å². The Morgan fingerprint density at radius 3 is 2.37 bits per heavy atom. The van der Waals surface area contributed by atoms with Crippen LogP contribution in [-0.2, 0) is 0 Å². The zero-order valence-electron chi connectivity index (χ0n) is 10.2. The Labute approximate surface area is 127 Å². The first kappa shape index (κ1) is 14.5. The molecule has 0 saturated heterocycles. The van der Waals surface area contributed by atoms with E-state index >= 15 is 0 Å². The van der Waals surface area contributed by atoms with E-state index in [9.17, 15) is 0 Å².